The second-order valence-corrected chi connectivity index (χ2v) is 6.21. The van der Waals surface area contributed by atoms with Crippen molar-refractivity contribution in [2.24, 2.45) is 0 Å². The summed E-state index contributed by atoms with van der Waals surface area (Å²) in [6.45, 7) is 4.14. The lowest BCUT2D eigenvalue weighted by atomic mass is 10.0. The van der Waals surface area contributed by atoms with Crippen LogP contribution in [0.25, 0.3) is 11.0 Å². The molecule has 116 valence electrons. The summed E-state index contributed by atoms with van der Waals surface area (Å²) >= 11 is 0. The number of carbonyl (C=O) groups excluding carboxylic acids is 1. The van der Waals surface area contributed by atoms with Gasteiger partial charge in [-0.15, -0.1) is 0 Å². The summed E-state index contributed by atoms with van der Waals surface area (Å²) in [5, 5.41) is 13.1. The van der Waals surface area contributed by atoms with Crippen LogP contribution in [-0.2, 0) is 0 Å². The van der Waals surface area contributed by atoms with Crippen molar-refractivity contribution in [2.75, 3.05) is 6.54 Å². The van der Waals surface area contributed by atoms with Crippen LogP contribution >= 0.6 is 0 Å². The van der Waals surface area contributed by atoms with E-state index in [2.05, 4.69) is 15.3 Å². The van der Waals surface area contributed by atoms with Crippen molar-refractivity contribution in [3.63, 3.8) is 0 Å². The lowest BCUT2D eigenvalue weighted by Crippen LogP contribution is -2.40. The minimum absolute atomic E-state index is 0.178. The zero-order chi connectivity index (χ0) is 15.7. The van der Waals surface area contributed by atoms with Gasteiger partial charge >= 0.3 is 0 Å². The van der Waals surface area contributed by atoms with E-state index in [1.54, 1.807) is 12.1 Å². The van der Waals surface area contributed by atoms with Crippen LogP contribution < -0.4 is 5.32 Å². The largest absolute Gasteiger partial charge is 0.388 e. The number of aryl methyl sites for hydroxylation is 2. The SMILES string of the molecule is Cc1nc2ccc(C(=O)NCC3(O)CCCC3)cc2nc1C. The quantitative estimate of drug-likeness (QED) is 0.911. The average Bonchev–Trinajstić information content (AvgIpc) is 2.93. The van der Waals surface area contributed by atoms with E-state index in [0.717, 1.165) is 48.1 Å². The van der Waals surface area contributed by atoms with E-state index in [-0.39, 0.29) is 5.91 Å². The van der Waals surface area contributed by atoms with Crippen molar-refractivity contribution < 1.29 is 9.90 Å². The van der Waals surface area contributed by atoms with E-state index in [1.807, 2.05) is 19.9 Å². The third-order valence-corrected chi connectivity index (χ3v) is 4.45. The molecule has 3 rings (SSSR count). The summed E-state index contributed by atoms with van der Waals surface area (Å²) in [6.07, 6.45) is 3.57. The number of fused-ring (bicyclic) bond motifs is 1. The number of rotatable bonds is 3. The van der Waals surface area contributed by atoms with Gasteiger partial charge in [0.2, 0.25) is 0 Å². The topological polar surface area (TPSA) is 75.1 Å². The molecule has 0 spiro atoms. The van der Waals surface area contributed by atoms with Crippen LogP contribution in [0.1, 0.15) is 47.4 Å². The molecule has 1 saturated carbocycles. The summed E-state index contributed by atoms with van der Waals surface area (Å²) in [7, 11) is 0. The first-order valence-corrected chi connectivity index (χ1v) is 7.72. The zero-order valence-corrected chi connectivity index (χ0v) is 13.0. The Hall–Kier alpha value is -2.01. The van der Waals surface area contributed by atoms with Gasteiger partial charge in [-0.1, -0.05) is 12.8 Å². The van der Waals surface area contributed by atoms with Gasteiger partial charge in [0.15, 0.2) is 0 Å². The van der Waals surface area contributed by atoms with Gasteiger partial charge in [-0.2, -0.15) is 0 Å². The molecule has 22 heavy (non-hydrogen) atoms. The fourth-order valence-corrected chi connectivity index (χ4v) is 2.93. The summed E-state index contributed by atoms with van der Waals surface area (Å²) in [4.78, 5) is 21.2. The van der Waals surface area contributed by atoms with Crippen molar-refractivity contribution >= 4 is 16.9 Å². The Morgan fingerprint density at radius 3 is 2.50 bits per heavy atom. The number of aliphatic hydroxyl groups is 1. The Kier molecular flexibility index (Phi) is 3.83. The molecule has 0 saturated heterocycles. The fraction of sp³-hybridized carbons (Fsp3) is 0.471. The Balaban J connectivity index is 1.77. The molecule has 1 heterocycles. The molecule has 1 aliphatic rings. The first kappa shape index (κ1) is 14.9. The van der Waals surface area contributed by atoms with Crippen molar-refractivity contribution in [3.05, 3.63) is 35.2 Å². The number of nitrogens with one attached hydrogen (secondary N) is 1. The second-order valence-electron chi connectivity index (χ2n) is 6.21. The normalized spacial score (nSPS) is 16.9. The van der Waals surface area contributed by atoms with Crippen LogP contribution in [0.2, 0.25) is 0 Å². The lowest BCUT2D eigenvalue weighted by Gasteiger charge is -2.22. The molecule has 0 unspecified atom stereocenters. The van der Waals surface area contributed by atoms with Gasteiger partial charge in [-0.3, -0.25) is 4.79 Å². The molecule has 0 bridgehead atoms. The molecule has 1 amide bonds. The van der Waals surface area contributed by atoms with E-state index in [4.69, 9.17) is 0 Å². The predicted octanol–water partition coefficient (Wildman–Crippen LogP) is 2.28. The second kappa shape index (κ2) is 5.65. The molecule has 1 aromatic carbocycles. The summed E-state index contributed by atoms with van der Waals surface area (Å²) in [5.74, 6) is -0.178. The molecule has 2 N–H and O–H groups in total. The number of amides is 1. The fourth-order valence-electron chi connectivity index (χ4n) is 2.93. The number of hydrogen-bond acceptors (Lipinski definition) is 4. The third-order valence-electron chi connectivity index (χ3n) is 4.45. The van der Waals surface area contributed by atoms with Crippen molar-refractivity contribution in [2.45, 2.75) is 45.1 Å². The first-order chi connectivity index (χ1) is 10.5. The Morgan fingerprint density at radius 1 is 1.18 bits per heavy atom. The van der Waals surface area contributed by atoms with Crippen LogP contribution in [0.5, 0.6) is 0 Å². The highest BCUT2D eigenvalue weighted by Crippen LogP contribution is 2.28. The Labute approximate surface area is 129 Å². The molecule has 1 aromatic heterocycles. The van der Waals surface area contributed by atoms with Gasteiger partial charge in [0.25, 0.3) is 5.91 Å². The molecule has 5 heteroatoms. The summed E-state index contributed by atoms with van der Waals surface area (Å²) in [6, 6.07) is 5.32. The van der Waals surface area contributed by atoms with Crippen molar-refractivity contribution in [3.8, 4) is 0 Å². The predicted molar refractivity (Wildman–Crippen MR) is 84.8 cm³/mol. The van der Waals surface area contributed by atoms with E-state index in [1.165, 1.54) is 0 Å². The van der Waals surface area contributed by atoms with E-state index >= 15 is 0 Å². The highest BCUT2D eigenvalue weighted by atomic mass is 16.3. The molecular formula is C17H21N3O2. The molecule has 5 nitrogen and oxygen atoms in total. The van der Waals surface area contributed by atoms with E-state index in [9.17, 15) is 9.90 Å². The zero-order valence-electron chi connectivity index (χ0n) is 13.0. The van der Waals surface area contributed by atoms with Gasteiger partial charge in [0, 0.05) is 12.1 Å². The third kappa shape index (κ3) is 2.95. The van der Waals surface area contributed by atoms with Gasteiger partial charge in [-0.05, 0) is 44.9 Å². The summed E-state index contributed by atoms with van der Waals surface area (Å²) < 4.78 is 0. The van der Waals surface area contributed by atoms with Gasteiger partial charge in [0.1, 0.15) is 0 Å². The Morgan fingerprint density at radius 2 is 1.82 bits per heavy atom. The number of aromatic nitrogens is 2. The number of nitrogens with zero attached hydrogens (tertiary/aromatic N) is 2. The molecule has 0 radical (unpaired) electrons. The minimum atomic E-state index is -0.736. The monoisotopic (exact) mass is 299 g/mol. The van der Waals surface area contributed by atoms with E-state index in [0.29, 0.717) is 12.1 Å². The standard InChI is InChI=1S/C17H21N3O2/c1-11-12(2)20-15-9-13(5-6-14(15)19-11)16(21)18-10-17(22)7-3-4-8-17/h5-6,9,22H,3-4,7-8,10H2,1-2H3,(H,18,21). The molecule has 0 aliphatic heterocycles. The number of benzene rings is 1. The molecule has 0 atom stereocenters. The molecular weight excluding hydrogens is 278 g/mol. The van der Waals surface area contributed by atoms with Crippen LogP contribution in [0.4, 0.5) is 0 Å². The molecule has 1 fully saturated rings. The highest BCUT2D eigenvalue weighted by Gasteiger charge is 2.31. The van der Waals surface area contributed by atoms with Gasteiger partial charge in [-0.25, -0.2) is 9.97 Å². The van der Waals surface area contributed by atoms with Gasteiger partial charge < -0.3 is 10.4 Å². The number of carbonyl (C=O) groups is 1. The van der Waals surface area contributed by atoms with E-state index < -0.39 is 5.60 Å². The van der Waals surface area contributed by atoms with Crippen LogP contribution in [0, 0.1) is 13.8 Å². The van der Waals surface area contributed by atoms with Crippen LogP contribution in [0.3, 0.4) is 0 Å². The molecule has 2 aromatic rings. The van der Waals surface area contributed by atoms with Crippen LogP contribution in [0.15, 0.2) is 18.2 Å². The maximum Gasteiger partial charge on any atom is 0.251 e. The van der Waals surface area contributed by atoms with Crippen molar-refractivity contribution in [1.29, 1.82) is 0 Å². The molecule has 1 aliphatic carbocycles. The maximum absolute atomic E-state index is 12.3. The smallest absolute Gasteiger partial charge is 0.251 e. The van der Waals surface area contributed by atoms with Gasteiger partial charge in [0.05, 0.1) is 28.0 Å². The Bertz CT molecular complexity index is 721. The van der Waals surface area contributed by atoms with Crippen LogP contribution in [-0.4, -0.2) is 33.1 Å². The lowest BCUT2D eigenvalue weighted by molar-refractivity contribution is 0.0449. The van der Waals surface area contributed by atoms with Crippen molar-refractivity contribution in [1.82, 2.24) is 15.3 Å². The maximum atomic E-state index is 12.3. The number of hydrogen-bond donors (Lipinski definition) is 2. The average molecular weight is 299 g/mol. The highest BCUT2D eigenvalue weighted by molar-refractivity contribution is 5.97. The summed E-state index contributed by atoms with van der Waals surface area (Å²) in [5.41, 5.74) is 3.08. The minimum Gasteiger partial charge on any atom is -0.388 e. The first-order valence-electron chi connectivity index (χ1n) is 7.72.